The van der Waals surface area contributed by atoms with Crippen molar-refractivity contribution in [1.82, 2.24) is 4.98 Å². The summed E-state index contributed by atoms with van der Waals surface area (Å²) >= 11 is 5.75. The molecule has 1 aromatic heterocycles. The summed E-state index contributed by atoms with van der Waals surface area (Å²) in [6.45, 7) is 1.93. The number of hydrogen-bond acceptors (Lipinski definition) is 3. The molecule has 4 nitrogen and oxygen atoms in total. The molecule has 0 saturated carbocycles. The normalized spacial score (nSPS) is 11.3. The highest BCUT2D eigenvalue weighted by molar-refractivity contribution is 7.92. The molecule has 1 heterocycles. The van der Waals surface area contributed by atoms with Gasteiger partial charge in [-0.1, -0.05) is 41.4 Å². The Morgan fingerprint density at radius 2 is 2.00 bits per heavy atom. The van der Waals surface area contributed by atoms with E-state index < -0.39 is 10.0 Å². The molecule has 0 aliphatic rings. The van der Waals surface area contributed by atoms with E-state index in [4.69, 9.17) is 11.6 Å². The van der Waals surface area contributed by atoms with E-state index in [1.165, 1.54) is 17.5 Å². The van der Waals surface area contributed by atoms with E-state index >= 15 is 0 Å². The molecule has 0 fully saturated rings. The quantitative estimate of drug-likeness (QED) is 0.872. The minimum absolute atomic E-state index is 0.0600. The molecule has 1 aromatic carbocycles. The Morgan fingerprint density at radius 3 is 2.60 bits per heavy atom. The Kier molecular flexibility index (Phi) is 4.30. The molecule has 20 heavy (non-hydrogen) atoms. The van der Waals surface area contributed by atoms with E-state index in [9.17, 15) is 8.42 Å². The van der Waals surface area contributed by atoms with E-state index in [2.05, 4.69) is 4.98 Å². The molecule has 0 aliphatic heterocycles. The van der Waals surface area contributed by atoms with Crippen LogP contribution in [-0.2, 0) is 15.8 Å². The number of hydrogen-bond donors (Lipinski definition) is 0. The van der Waals surface area contributed by atoms with Gasteiger partial charge in [-0.05, 0) is 24.6 Å². The maximum Gasteiger partial charge on any atom is 0.240 e. The minimum Gasteiger partial charge on any atom is -0.257 e. The lowest BCUT2D eigenvalue weighted by Gasteiger charge is -2.18. The highest BCUT2D eigenvalue weighted by atomic mass is 35.5. The van der Waals surface area contributed by atoms with Crippen LogP contribution in [-0.4, -0.2) is 20.4 Å². The fourth-order valence-electron chi connectivity index (χ4n) is 1.81. The average molecular weight is 311 g/mol. The Balaban J connectivity index is 2.24. The first-order valence-electron chi connectivity index (χ1n) is 6.02. The third kappa shape index (κ3) is 3.49. The Morgan fingerprint density at radius 1 is 1.25 bits per heavy atom. The van der Waals surface area contributed by atoms with Crippen LogP contribution in [0.5, 0.6) is 0 Å². The maximum absolute atomic E-state index is 12.3. The molecule has 0 saturated heterocycles. The monoisotopic (exact) mass is 310 g/mol. The number of benzene rings is 1. The predicted octanol–water partition coefficient (Wildman–Crippen LogP) is 3.01. The zero-order valence-corrected chi connectivity index (χ0v) is 12.8. The van der Waals surface area contributed by atoms with Gasteiger partial charge in [0, 0.05) is 13.2 Å². The second-order valence-electron chi connectivity index (χ2n) is 4.55. The highest BCUT2D eigenvalue weighted by Crippen LogP contribution is 2.18. The highest BCUT2D eigenvalue weighted by Gasteiger charge is 2.20. The summed E-state index contributed by atoms with van der Waals surface area (Å²) in [5, 5.41) is 0.471. The van der Waals surface area contributed by atoms with Gasteiger partial charge in [0.05, 0.1) is 10.8 Å². The largest absolute Gasteiger partial charge is 0.257 e. The Hall–Kier alpha value is -1.59. The van der Waals surface area contributed by atoms with Crippen molar-refractivity contribution in [2.45, 2.75) is 12.7 Å². The van der Waals surface area contributed by atoms with Crippen molar-refractivity contribution in [1.29, 1.82) is 0 Å². The number of aryl methyl sites for hydroxylation is 1. The lowest BCUT2D eigenvalue weighted by molar-refractivity contribution is 0.593. The second kappa shape index (κ2) is 5.81. The smallest absolute Gasteiger partial charge is 0.240 e. The molecule has 0 aliphatic carbocycles. The average Bonchev–Trinajstić information content (AvgIpc) is 2.38. The third-order valence-electron chi connectivity index (χ3n) is 2.88. The SMILES string of the molecule is Cc1cccc(CS(=O)(=O)N(C)c2ccc(Cl)cn2)c1. The van der Waals surface area contributed by atoms with E-state index in [0.717, 1.165) is 11.1 Å². The van der Waals surface area contributed by atoms with E-state index in [1.807, 2.05) is 25.1 Å². The molecule has 2 aromatic rings. The summed E-state index contributed by atoms with van der Waals surface area (Å²) in [6, 6.07) is 10.6. The van der Waals surface area contributed by atoms with Crippen LogP contribution >= 0.6 is 11.6 Å². The molecular formula is C14H15ClN2O2S. The van der Waals surface area contributed by atoms with Crippen LogP contribution in [0.3, 0.4) is 0 Å². The number of nitrogens with zero attached hydrogens (tertiary/aromatic N) is 2. The first-order chi connectivity index (χ1) is 9.38. The summed E-state index contributed by atoms with van der Waals surface area (Å²) in [6.07, 6.45) is 1.43. The molecule has 0 unspecified atom stereocenters. The molecule has 0 amide bonds. The topological polar surface area (TPSA) is 50.3 Å². The van der Waals surface area contributed by atoms with Crippen molar-refractivity contribution < 1.29 is 8.42 Å². The van der Waals surface area contributed by atoms with Gasteiger partial charge in [0.15, 0.2) is 0 Å². The Bertz CT molecular complexity index is 699. The van der Waals surface area contributed by atoms with Gasteiger partial charge in [0.25, 0.3) is 0 Å². The fourth-order valence-corrected chi connectivity index (χ4v) is 3.11. The van der Waals surface area contributed by atoms with Gasteiger partial charge in [-0.2, -0.15) is 0 Å². The third-order valence-corrected chi connectivity index (χ3v) is 4.83. The first-order valence-corrected chi connectivity index (χ1v) is 8.01. The number of sulfonamides is 1. The summed E-state index contributed by atoms with van der Waals surface area (Å²) in [5.41, 5.74) is 1.79. The van der Waals surface area contributed by atoms with Gasteiger partial charge in [0.1, 0.15) is 5.82 Å². The maximum atomic E-state index is 12.3. The molecule has 0 atom stereocenters. The van der Waals surface area contributed by atoms with Crippen molar-refractivity contribution in [3.8, 4) is 0 Å². The standard InChI is InChI=1S/C14H15ClN2O2S/c1-11-4-3-5-12(8-11)10-20(18,19)17(2)14-7-6-13(15)9-16-14/h3-9H,10H2,1-2H3. The van der Waals surface area contributed by atoms with Crippen LogP contribution in [0, 0.1) is 6.92 Å². The van der Waals surface area contributed by atoms with Crippen molar-refractivity contribution in [3.05, 3.63) is 58.7 Å². The van der Waals surface area contributed by atoms with Gasteiger partial charge in [-0.15, -0.1) is 0 Å². The van der Waals surface area contributed by atoms with E-state index in [1.54, 1.807) is 18.2 Å². The van der Waals surface area contributed by atoms with Crippen LogP contribution in [0.1, 0.15) is 11.1 Å². The number of pyridine rings is 1. The van der Waals surface area contributed by atoms with E-state index in [-0.39, 0.29) is 5.75 Å². The van der Waals surface area contributed by atoms with Crippen molar-refractivity contribution in [2.75, 3.05) is 11.4 Å². The van der Waals surface area contributed by atoms with Gasteiger partial charge in [0.2, 0.25) is 10.0 Å². The second-order valence-corrected chi connectivity index (χ2v) is 6.98. The molecule has 6 heteroatoms. The lowest BCUT2D eigenvalue weighted by atomic mass is 10.2. The molecule has 0 spiro atoms. The molecule has 106 valence electrons. The van der Waals surface area contributed by atoms with Gasteiger partial charge in [-0.25, -0.2) is 13.4 Å². The van der Waals surface area contributed by atoms with Crippen LogP contribution in [0.4, 0.5) is 5.82 Å². The van der Waals surface area contributed by atoms with Gasteiger partial charge < -0.3 is 0 Å². The minimum atomic E-state index is -3.47. The van der Waals surface area contributed by atoms with E-state index in [0.29, 0.717) is 10.8 Å². The van der Waals surface area contributed by atoms with Crippen LogP contribution < -0.4 is 4.31 Å². The molecule has 0 bridgehead atoms. The van der Waals surface area contributed by atoms with Crippen LogP contribution in [0.2, 0.25) is 5.02 Å². The number of halogens is 1. The number of aromatic nitrogens is 1. The summed E-state index contributed by atoms with van der Waals surface area (Å²) < 4.78 is 25.9. The molecule has 0 radical (unpaired) electrons. The van der Waals surface area contributed by atoms with Crippen molar-refractivity contribution in [2.24, 2.45) is 0 Å². The number of anilines is 1. The Labute approximate surface area is 124 Å². The molecule has 0 N–H and O–H groups in total. The first kappa shape index (κ1) is 14.8. The fraction of sp³-hybridized carbons (Fsp3) is 0.214. The zero-order chi connectivity index (χ0) is 14.8. The summed E-state index contributed by atoms with van der Waals surface area (Å²) in [4.78, 5) is 4.02. The summed E-state index contributed by atoms with van der Waals surface area (Å²) in [7, 11) is -1.98. The lowest BCUT2D eigenvalue weighted by Crippen LogP contribution is -2.28. The van der Waals surface area contributed by atoms with Gasteiger partial charge >= 0.3 is 0 Å². The molecule has 2 rings (SSSR count). The van der Waals surface area contributed by atoms with Crippen molar-refractivity contribution >= 4 is 27.4 Å². The van der Waals surface area contributed by atoms with Gasteiger partial charge in [-0.3, -0.25) is 4.31 Å². The predicted molar refractivity (Wildman–Crippen MR) is 81.5 cm³/mol. The summed E-state index contributed by atoms with van der Waals surface area (Å²) in [5.74, 6) is 0.289. The molecular weight excluding hydrogens is 296 g/mol. The number of rotatable bonds is 4. The zero-order valence-electron chi connectivity index (χ0n) is 11.2. The van der Waals surface area contributed by atoms with Crippen LogP contribution in [0.25, 0.3) is 0 Å². The van der Waals surface area contributed by atoms with Crippen LogP contribution in [0.15, 0.2) is 42.6 Å². The van der Waals surface area contributed by atoms with Crippen molar-refractivity contribution in [3.63, 3.8) is 0 Å².